The second kappa shape index (κ2) is 4.29. The van der Waals surface area contributed by atoms with Crippen molar-refractivity contribution >= 4 is 11.7 Å². The Hall–Kier alpha value is -2.30. The van der Waals surface area contributed by atoms with E-state index in [2.05, 4.69) is 15.5 Å². The lowest BCUT2D eigenvalue weighted by Gasteiger charge is -2.07. The maximum Gasteiger partial charge on any atom is 0.257 e. The van der Waals surface area contributed by atoms with Crippen LogP contribution >= 0.6 is 0 Å². The lowest BCUT2D eigenvalue weighted by molar-refractivity contribution is 0.102. The van der Waals surface area contributed by atoms with Gasteiger partial charge in [0.1, 0.15) is 11.6 Å². The van der Waals surface area contributed by atoms with Crippen molar-refractivity contribution in [1.82, 2.24) is 10.2 Å². The number of anilines is 1. The zero-order chi connectivity index (χ0) is 12.4. The highest BCUT2D eigenvalue weighted by molar-refractivity contribution is 6.05. The number of rotatable bonds is 2. The third kappa shape index (κ3) is 2.13. The van der Waals surface area contributed by atoms with E-state index in [0.717, 1.165) is 5.56 Å². The molecule has 0 aliphatic carbocycles. The Balaban J connectivity index is 2.27. The molecule has 88 valence electrons. The number of benzene rings is 1. The van der Waals surface area contributed by atoms with Crippen LogP contribution < -0.4 is 5.32 Å². The Labute approximate surface area is 98.5 Å². The molecule has 2 aromatic rings. The van der Waals surface area contributed by atoms with Gasteiger partial charge in [-0.15, -0.1) is 0 Å². The molecule has 0 bridgehead atoms. The van der Waals surface area contributed by atoms with Crippen molar-refractivity contribution in [2.75, 3.05) is 5.32 Å². The van der Waals surface area contributed by atoms with Crippen molar-refractivity contribution in [3.05, 3.63) is 41.1 Å². The van der Waals surface area contributed by atoms with Gasteiger partial charge in [0.05, 0.1) is 6.20 Å². The van der Waals surface area contributed by atoms with Crippen LogP contribution in [0.25, 0.3) is 0 Å². The first-order chi connectivity index (χ1) is 8.09. The standard InChI is InChI=1S/C12H13N3O2/c1-7-6-13-15-11(7)14-12(17)9-4-3-5-10(16)8(9)2/h3-6,16H,1-2H3,(H2,13,14,15,17). The van der Waals surface area contributed by atoms with E-state index >= 15 is 0 Å². The SMILES string of the molecule is Cc1cn[nH]c1NC(=O)c1cccc(O)c1C. The zero-order valence-electron chi connectivity index (χ0n) is 9.61. The lowest BCUT2D eigenvalue weighted by Crippen LogP contribution is -2.14. The van der Waals surface area contributed by atoms with E-state index in [1.165, 1.54) is 0 Å². The first-order valence-electron chi connectivity index (χ1n) is 5.19. The second-order valence-electron chi connectivity index (χ2n) is 3.83. The number of phenolic OH excluding ortho intramolecular Hbond substituents is 1. The molecule has 0 fully saturated rings. The van der Waals surface area contributed by atoms with Crippen LogP contribution in [-0.4, -0.2) is 21.2 Å². The third-order valence-corrected chi connectivity index (χ3v) is 2.62. The highest BCUT2D eigenvalue weighted by Gasteiger charge is 2.12. The summed E-state index contributed by atoms with van der Waals surface area (Å²) in [6.45, 7) is 3.54. The lowest BCUT2D eigenvalue weighted by atomic mass is 10.1. The number of hydrogen-bond acceptors (Lipinski definition) is 3. The number of phenols is 1. The van der Waals surface area contributed by atoms with Gasteiger partial charge in [0, 0.05) is 16.7 Å². The monoisotopic (exact) mass is 231 g/mol. The number of hydrogen-bond donors (Lipinski definition) is 3. The topological polar surface area (TPSA) is 78.0 Å². The normalized spacial score (nSPS) is 10.2. The van der Waals surface area contributed by atoms with Crippen molar-refractivity contribution in [3.8, 4) is 5.75 Å². The summed E-state index contributed by atoms with van der Waals surface area (Å²) < 4.78 is 0. The van der Waals surface area contributed by atoms with Gasteiger partial charge in [-0.1, -0.05) is 6.07 Å². The molecule has 1 aromatic heterocycles. The summed E-state index contributed by atoms with van der Waals surface area (Å²) in [5.74, 6) is 0.405. The van der Waals surface area contributed by atoms with Crippen molar-refractivity contribution in [2.24, 2.45) is 0 Å². The quantitative estimate of drug-likeness (QED) is 0.739. The van der Waals surface area contributed by atoms with Gasteiger partial charge in [0.25, 0.3) is 5.91 Å². The van der Waals surface area contributed by atoms with Crippen LogP contribution in [0.5, 0.6) is 5.75 Å². The summed E-state index contributed by atoms with van der Waals surface area (Å²) in [4.78, 5) is 12.0. The minimum absolute atomic E-state index is 0.110. The molecule has 0 aliphatic rings. The molecule has 0 spiro atoms. The molecule has 1 amide bonds. The van der Waals surface area contributed by atoms with Crippen LogP contribution in [0.4, 0.5) is 5.82 Å². The van der Waals surface area contributed by atoms with Crippen molar-refractivity contribution in [1.29, 1.82) is 0 Å². The van der Waals surface area contributed by atoms with Gasteiger partial charge in [-0.05, 0) is 26.0 Å². The summed E-state index contributed by atoms with van der Waals surface area (Å²) in [5.41, 5.74) is 1.86. The van der Waals surface area contributed by atoms with E-state index < -0.39 is 0 Å². The van der Waals surface area contributed by atoms with Gasteiger partial charge in [0.15, 0.2) is 0 Å². The molecule has 2 rings (SSSR count). The highest BCUT2D eigenvalue weighted by Crippen LogP contribution is 2.20. The van der Waals surface area contributed by atoms with Gasteiger partial charge in [-0.3, -0.25) is 9.89 Å². The molecule has 5 nitrogen and oxygen atoms in total. The van der Waals surface area contributed by atoms with Crippen LogP contribution in [0, 0.1) is 13.8 Å². The number of nitrogens with zero attached hydrogens (tertiary/aromatic N) is 1. The van der Waals surface area contributed by atoms with Crippen LogP contribution in [0.2, 0.25) is 0 Å². The maximum absolute atomic E-state index is 12.0. The fraction of sp³-hybridized carbons (Fsp3) is 0.167. The summed E-state index contributed by atoms with van der Waals surface area (Å²) in [6.07, 6.45) is 1.63. The van der Waals surface area contributed by atoms with Crippen molar-refractivity contribution in [3.63, 3.8) is 0 Å². The average molecular weight is 231 g/mol. The highest BCUT2D eigenvalue weighted by atomic mass is 16.3. The van der Waals surface area contributed by atoms with E-state index in [-0.39, 0.29) is 11.7 Å². The zero-order valence-corrected chi connectivity index (χ0v) is 9.61. The molecule has 0 radical (unpaired) electrons. The maximum atomic E-state index is 12.0. The number of aromatic nitrogens is 2. The molecule has 1 aromatic carbocycles. The largest absolute Gasteiger partial charge is 0.508 e. The smallest absolute Gasteiger partial charge is 0.257 e. The molecule has 1 heterocycles. The van der Waals surface area contributed by atoms with Gasteiger partial charge >= 0.3 is 0 Å². The van der Waals surface area contributed by atoms with Crippen molar-refractivity contribution < 1.29 is 9.90 Å². The minimum Gasteiger partial charge on any atom is -0.508 e. The third-order valence-electron chi connectivity index (χ3n) is 2.62. The van der Waals surface area contributed by atoms with Crippen LogP contribution in [0.15, 0.2) is 24.4 Å². The molecule has 0 saturated carbocycles. The predicted octanol–water partition coefficient (Wildman–Crippen LogP) is 1.98. The first-order valence-corrected chi connectivity index (χ1v) is 5.19. The Bertz CT molecular complexity index is 561. The van der Waals surface area contributed by atoms with E-state index in [1.54, 1.807) is 31.3 Å². The van der Waals surface area contributed by atoms with E-state index in [0.29, 0.717) is 16.9 Å². The minimum atomic E-state index is -0.272. The van der Waals surface area contributed by atoms with Crippen LogP contribution in [-0.2, 0) is 0 Å². The summed E-state index contributed by atoms with van der Waals surface area (Å²) in [7, 11) is 0. The summed E-state index contributed by atoms with van der Waals surface area (Å²) in [6, 6.07) is 4.85. The Morgan fingerprint density at radius 2 is 2.18 bits per heavy atom. The van der Waals surface area contributed by atoms with Crippen molar-refractivity contribution in [2.45, 2.75) is 13.8 Å². The Kier molecular flexibility index (Phi) is 2.82. The number of amides is 1. The fourth-order valence-electron chi connectivity index (χ4n) is 1.52. The van der Waals surface area contributed by atoms with Crippen LogP contribution in [0.1, 0.15) is 21.5 Å². The number of H-pyrrole nitrogens is 1. The van der Waals surface area contributed by atoms with Gasteiger partial charge in [-0.25, -0.2) is 0 Å². The number of nitrogens with one attached hydrogen (secondary N) is 2. The Morgan fingerprint density at radius 1 is 1.41 bits per heavy atom. The van der Waals surface area contributed by atoms with E-state index in [1.807, 2.05) is 6.92 Å². The molecule has 3 N–H and O–H groups in total. The van der Waals surface area contributed by atoms with Gasteiger partial charge in [0.2, 0.25) is 0 Å². The molecule has 0 saturated heterocycles. The molecular weight excluding hydrogens is 218 g/mol. The van der Waals surface area contributed by atoms with Gasteiger partial charge in [-0.2, -0.15) is 5.10 Å². The number of aromatic amines is 1. The molecule has 0 atom stereocenters. The predicted molar refractivity (Wildman–Crippen MR) is 64.1 cm³/mol. The molecule has 17 heavy (non-hydrogen) atoms. The summed E-state index contributed by atoms with van der Waals surface area (Å²) >= 11 is 0. The fourth-order valence-corrected chi connectivity index (χ4v) is 1.52. The van der Waals surface area contributed by atoms with E-state index in [4.69, 9.17) is 0 Å². The van der Waals surface area contributed by atoms with Gasteiger partial charge < -0.3 is 10.4 Å². The molecule has 0 unspecified atom stereocenters. The Morgan fingerprint density at radius 3 is 2.82 bits per heavy atom. The summed E-state index contributed by atoms with van der Waals surface area (Å²) in [5, 5.41) is 18.8. The number of carbonyl (C=O) groups excluding carboxylic acids is 1. The van der Waals surface area contributed by atoms with E-state index in [9.17, 15) is 9.90 Å². The average Bonchev–Trinajstić information content (AvgIpc) is 2.68. The molecular formula is C12H13N3O2. The van der Waals surface area contributed by atoms with Crippen LogP contribution in [0.3, 0.4) is 0 Å². The molecule has 5 heteroatoms. The number of aromatic hydroxyl groups is 1. The second-order valence-corrected chi connectivity index (χ2v) is 3.83. The first kappa shape index (κ1) is 11.2. The number of aryl methyl sites for hydroxylation is 1. The number of carbonyl (C=O) groups is 1. The molecule has 0 aliphatic heterocycles.